The Labute approximate surface area is 145 Å². The molecule has 0 saturated carbocycles. The number of imide groups is 1. The van der Waals surface area contributed by atoms with Crippen molar-refractivity contribution in [3.63, 3.8) is 0 Å². The molecular weight excluding hydrogens is 333 g/mol. The van der Waals surface area contributed by atoms with Gasteiger partial charge < -0.3 is 4.74 Å². The lowest BCUT2D eigenvalue weighted by Crippen LogP contribution is -2.32. The fourth-order valence-corrected chi connectivity index (χ4v) is 3.28. The summed E-state index contributed by atoms with van der Waals surface area (Å²) in [5.74, 6) is -1.50. The molecule has 4 nitrogen and oxygen atoms in total. The average molecular weight is 352 g/mol. The third-order valence-corrected chi connectivity index (χ3v) is 4.64. The van der Waals surface area contributed by atoms with Gasteiger partial charge in [-0.05, 0) is 51.7 Å². The van der Waals surface area contributed by atoms with E-state index in [2.05, 4.69) is 0 Å². The molecule has 2 amide bonds. The number of allylic oxidation sites excluding steroid dienone is 4. The van der Waals surface area contributed by atoms with E-state index < -0.39 is 23.0 Å². The molecule has 0 N–H and O–H groups in total. The summed E-state index contributed by atoms with van der Waals surface area (Å²) in [6.45, 7) is 3.71. The molecule has 1 aliphatic heterocycles. The molecule has 2 aliphatic carbocycles. The quantitative estimate of drug-likeness (QED) is 0.440. The average Bonchev–Trinajstić information content (AvgIpc) is 2.79. The Bertz CT molecular complexity index is 690. The smallest absolute Gasteiger partial charge is 0.261 e. The van der Waals surface area contributed by atoms with Crippen molar-refractivity contribution in [1.82, 2.24) is 4.90 Å². The zero-order valence-electron chi connectivity index (χ0n) is 13.6. The predicted octanol–water partition coefficient (Wildman–Crippen LogP) is 3.89. The molecule has 24 heavy (non-hydrogen) atoms. The van der Waals surface area contributed by atoms with Crippen LogP contribution in [0.25, 0.3) is 0 Å². The van der Waals surface area contributed by atoms with Crippen LogP contribution in [0, 0.1) is 0 Å². The topological polar surface area (TPSA) is 46.6 Å². The van der Waals surface area contributed by atoms with Gasteiger partial charge in [-0.15, -0.1) is 11.6 Å². The summed E-state index contributed by atoms with van der Waals surface area (Å²) < 4.78 is 19.8. The van der Waals surface area contributed by atoms with Crippen LogP contribution >= 0.6 is 11.6 Å². The van der Waals surface area contributed by atoms with Crippen LogP contribution in [0.1, 0.15) is 39.5 Å². The number of carbonyl (C=O) groups excluding carboxylic acids is 2. The normalized spacial score (nSPS) is 26.1. The van der Waals surface area contributed by atoms with Crippen LogP contribution in [0.15, 0.2) is 46.7 Å². The van der Waals surface area contributed by atoms with E-state index >= 15 is 0 Å². The number of alkyl halides is 1. The van der Waals surface area contributed by atoms with Crippen molar-refractivity contribution >= 4 is 23.4 Å². The van der Waals surface area contributed by atoms with Crippen LogP contribution in [-0.4, -0.2) is 28.2 Å². The summed E-state index contributed by atoms with van der Waals surface area (Å²) in [6.07, 6.45) is 6.90. The van der Waals surface area contributed by atoms with Gasteiger partial charge in [0.2, 0.25) is 0 Å². The van der Waals surface area contributed by atoms with Crippen LogP contribution in [-0.2, 0) is 14.3 Å². The first kappa shape index (κ1) is 17.0. The Balaban J connectivity index is 1.94. The molecule has 128 valence electrons. The molecule has 3 aliphatic rings. The first-order chi connectivity index (χ1) is 11.4. The molecule has 0 saturated heterocycles. The zero-order valence-corrected chi connectivity index (χ0v) is 14.4. The molecule has 0 fully saturated rings. The van der Waals surface area contributed by atoms with E-state index in [0.717, 1.165) is 17.7 Å². The van der Waals surface area contributed by atoms with E-state index in [4.69, 9.17) is 16.3 Å². The van der Waals surface area contributed by atoms with Crippen molar-refractivity contribution in [2.75, 3.05) is 0 Å². The Morgan fingerprint density at radius 2 is 1.83 bits per heavy atom. The number of hydrogen-bond acceptors (Lipinski definition) is 3. The van der Waals surface area contributed by atoms with E-state index in [0.29, 0.717) is 29.6 Å². The van der Waals surface area contributed by atoms with Crippen molar-refractivity contribution in [1.29, 1.82) is 0 Å². The molecule has 3 rings (SSSR count). The molecule has 1 heterocycles. The van der Waals surface area contributed by atoms with E-state index in [1.54, 1.807) is 0 Å². The molecule has 1 unspecified atom stereocenters. The maximum absolute atomic E-state index is 14.4. The van der Waals surface area contributed by atoms with Gasteiger partial charge in [-0.1, -0.05) is 0 Å². The first-order valence-electron chi connectivity index (χ1n) is 8.10. The van der Waals surface area contributed by atoms with E-state index in [-0.39, 0.29) is 11.8 Å². The van der Waals surface area contributed by atoms with Crippen molar-refractivity contribution in [3.8, 4) is 0 Å². The number of ether oxygens (including phenoxy) is 1. The maximum Gasteiger partial charge on any atom is 0.261 e. The number of amides is 2. The van der Waals surface area contributed by atoms with Gasteiger partial charge in [-0.25, -0.2) is 9.29 Å². The highest BCUT2D eigenvalue weighted by molar-refractivity contribution is 6.24. The molecule has 0 aromatic heterocycles. The standard InChI is InChI=1S/C18H19ClFNO3/c1-10(2)24-9-11-7-16(15(20)8-14(11)19)21-17(22)12-5-3-4-6-13(12)18(21)23/h7-10,14H,3-6H2,1-2H3. The lowest BCUT2D eigenvalue weighted by atomic mass is 9.93. The fraction of sp³-hybridized carbons (Fsp3) is 0.444. The third-order valence-electron chi connectivity index (χ3n) is 4.27. The Morgan fingerprint density at radius 3 is 2.38 bits per heavy atom. The lowest BCUT2D eigenvalue weighted by molar-refractivity contribution is -0.135. The predicted molar refractivity (Wildman–Crippen MR) is 88.6 cm³/mol. The van der Waals surface area contributed by atoms with Gasteiger partial charge in [0.1, 0.15) is 5.83 Å². The maximum atomic E-state index is 14.4. The Kier molecular flexibility index (Phi) is 4.63. The second-order valence-corrected chi connectivity index (χ2v) is 6.83. The summed E-state index contributed by atoms with van der Waals surface area (Å²) in [6, 6.07) is 0. The molecular formula is C18H19ClFNO3. The highest BCUT2D eigenvalue weighted by Gasteiger charge is 2.42. The third kappa shape index (κ3) is 2.93. The van der Waals surface area contributed by atoms with Crippen LogP contribution in [0.5, 0.6) is 0 Å². The number of hydrogen-bond donors (Lipinski definition) is 0. The molecule has 1 atom stereocenters. The van der Waals surface area contributed by atoms with Crippen molar-refractivity contribution in [2.24, 2.45) is 0 Å². The highest BCUT2D eigenvalue weighted by Crippen LogP contribution is 2.38. The van der Waals surface area contributed by atoms with Gasteiger partial charge in [0.15, 0.2) is 0 Å². The van der Waals surface area contributed by atoms with Crippen LogP contribution in [0.4, 0.5) is 4.39 Å². The number of halogens is 2. The first-order valence-corrected chi connectivity index (χ1v) is 8.53. The van der Waals surface area contributed by atoms with Gasteiger partial charge in [-0.2, -0.15) is 0 Å². The molecule has 0 spiro atoms. The Hall–Kier alpha value is -1.88. The van der Waals surface area contributed by atoms with Gasteiger partial charge in [0, 0.05) is 16.7 Å². The molecule has 6 heteroatoms. The van der Waals surface area contributed by atoms with Gasteiger partial charge >= 0.3 is 0 Å². The monoisotopic (exact) mass is 351 g/mol. The van der Waals surface area contributed by atoms with Crippen molar-refractivity contribution in [2.45, 2.75) is 51.0 Å². The van der Waals surface area contributed by atoms with Gasteiger partial charge in [-0.3, -0.25) is 9.59 Å². The summed E-state index contributed by atoms with van der Waals surface area (Å²) >= 11 is 6.12. The summed E-state index contributed by atoms with van der Waals surface area (Å²) in [4.78, 5) is 26.1. The summed E-state index contributed by atoms with van der Waals surface area (Å²) in [7, 11) is 0. The number of carbonyl (C=O) groups is 2. The minimum absolute atomic E-state index is 0.0574. The number of nitrogens with zero attached hydrogens (tertiary/aromatic N) is 1. The van der Waals surface area contributed by atoms with Crippen molar-refractivity contribution in [3.05, 3.63) is 46.7 Å². The number of rotatable bonds is 3. The van der Waals surface area contributed by atoms with Gasteiger partial charge in [0.25, 0.3) is 11.8 Å². The fourth-order valence-electron chi connectivity index (χ4n) is 3.06. The molecule has 0 radical (unpaired) electrons. The van der Waals surface area contributed by atoms with Crippen LogP contribution in [0.3, 0.4) is 0 Å². The minimum Gasteiger partial charge on any atom is -0.498 e. The van der Waals surface area contributed by atoms with Gasteiger partial charge in [0.05, 0.1) is 23.4 Å². The van der Waals surface area contributed by atoms with E-state index in [1.807, 2.05) is 13.8 Å². The van der Waals surface area contributed by atoms with E-state index in [9.17, 15) is 14.0 Å². The van der Waals surface area contributed by atoms with Crippen LogP contribution in [0.2, 0.25) is 0 Å². The highest BCUT2D eigenvalue weighted by atomic mass is 35.5. The second kappa shape index (κ2) is 6.55. The second-order valence-electron chi connectivity index (χ2n) is 6.36. The van der Waals surface area contributed by atoms with Crippen molar-refractivity contribution < 1.29 is 18.7 Å². The zero-order chi connectivity index (χ0) is 17.4. The molecule has 0 bridgehead atoms. The van der Waals surface area contributed by atoms with Crippen LogP contribution < -0.4 is 0 Å². The molecule has 0 aromatic rings. The lowest BCUT2D eigenvalue weighted by Gasteiger charge is -2.23. The molecule has 0 aromatic carbocycles. The Morgan fingerprint density at radius 1 is 1.25 bits per heavy atom. The summed E-state index contributed by atoms with van der Waals surface area (Å²) in [5, 5.41) is -0.706. The summed E-state index contributed by atoms with van der Waals surface area (Å²) in [5.41, 5.74) is 1.50. The SMILES string of the molecule is CC(C)OC=C1C=C(N2C(=O)C3=C(CCCC3)C2=O)C(F)=CC1Cl. The minimum atomic E-state index is -0.706. The largest absolute Gasteiger partial charge is 0.498 e. The van der Waals surface area contributed by atoms with E-state index in [1.165, 1.54) is 18.4 Å².